The van der Waals surface area contributed by atoms with Gasteiger partial charge in [-0.05, 0) is 18.2 Å². The summed E-state index contributed by atoms with van der Waals surface area (Å²) < 4.78 is 43.5. The lowest BCUT2D eigenvalue weighted by atomic mass is 10.2. The fourth-order valence-electron chi connectivity index (χ4n) is 2.41. The van der Waals surface area contributed by atoms with Crippen LogP contribution in [0, 0.1) is 0 Å². The van der Waals surface area contributed by atoms with Gasteiger partial charge in [0.1, 0.15) is 17.8 Å². The van der Waals surface area contributed by atoms with E-state index in [4.69, 9.17) is 4.74 Å². The Balaban J connectivity index is 1.75. The highest BCUT2D eigenvalue weighted by Crippen LogP contribution is 2.30. The van der Waals surface area contributed by atoms with Crippen molar-refractivity contribution in [2.24, 2.45) is 0 Å². The molecule has 2 aromatic rings. The van der Waals surface area contributed by atoms with Crippen LogP contribution < -0.4 is 10.2 Å². The maximum absolute atomic E-state index is 12.7. The zero-order chi connectivity index (χ0) is 17.9. The summed E-state index contributed by atoms with van der Waals surface area (Å²) in [5, 5.41) is 2.43. The molecule has 0 saturated carbocycles. The molecule has 0 atom stereocenters. The van der Waals surface area contributed by atoms with Crippen LogP contribution in [0.5, 0.6) is 0 Å². The van der Waals surface area contributed by atoms with Crippen LogP contribution in [-0.2, 0) is 10.9 Å². The number of hydrogen-bond donors (Lipinski definition) is 1. The van der Waals surface area contributed by atoms with Crippen molar-refractivity contribution in [2.75, 3.05) is 36.5 Å². The molecule has 1 amide bonds. The molecule has 1 aromatic heterocycles. The molecule has 1 fully saturated rings. The van der Waals surface area contributed by atoms with E-state index in [1.165, 1.54) is 24.5 Å². The predicted molar refractivity (Wildman–Crippen MR) is 84.5 cm³/mol. The largest absolute Gasteiger partial charge is 0.416 e. The second-order valence-electron chi connectivity index (χ2n) is 5.39. The number of amides is 1. The number of carbonyl (C=O) groups excluding carboxylic acids is 1. The van der Waals surface area contributed by atoms with Gasteiger partial charge in [-0.15, -0.1) is 0 Å². The fraction of sp³-hybridized carbons (Fsp3) is 0.312. The van der Waals surface area contributed by atoms with Gasteiger partial charge in [0.2, 0.25) is 0 Å². The molecule has 1 aliphatic heterocycles. The second kappa shape index (κ2) is 7.06. The van der Waals surface area contributed by atoms with E-state index in [-0.39, 0.29) is 11.4 Å². The Kier molecular flexibility index (Phi) is 4.84. The summed E-state index contributed by atoms with van der Waals surface area (Å²) >= 11 is 0. The maximum Gasteiger partial charge on any atom is 0.416 e. The molecule has 0 bridgehead atoms. The SMILES string of the molecule is O=C(Nc1cccc(C(F)(F)F)c1)c1cc(N2CCOCC2)ncn1. The molecular formula is C16H15F3N4O2. The average Bonchev–Trinajstić information content (AvgIpc) is 2.62. The van der Waals surface area contributed by atoms with Gasteiger partial charge in [0.25, 0.3) is 5.91 Å². The summed E-state index contributed by atoms with van der Waals surface area (Å²) in [6.07, 6.45) is -3.22. The number of hydrogen-bond acceptors (Lipinski definition) is 5. The molecule has 0 unspecified atom stereocenters. The third kappa shape index (κ3) is 4.24. The van der Waals surface area contributed by atoms with Crippen molar-refractivity contribution in [1.82, 2.24) is 9.97 Å². The number of halogens is 3. The second-order valence-corrected chi connectivity index (χ2v) is 5.39. The Morgan fingerprint density at radius 1 is 1.16 bits per heavy atom. The first-order valence-electron chi connectivity index (χ1n) is 7.57. The number of ether oxygens (including phenoxy) is 1. The van der Waals surface area contributed by atoms with Crippen LogP contribution in [-0.4, -0.2) is 42.2 Å². The minimum atomic E-state index is -4.47. The van der Waals surface area contributed by atoms with Crippen LogP contribution >= 0.6 is 0 Å². The van der Waals surface area contributed by atoms with Gasteiger partial charge < -0.3 is 15.0 Å². The number of benzene rings is 1. The van der Waals surface area contributed by atoms with Crippen molar-refractivity contribution in [3.8, 4) is 0 Å². The van der Waals surface area contributed by atoms with Gasteiger partial charge in [-0.3, -0.25) is 4.79 Å². The Hall–Kier alpha value is -2.68. The standard InChI is InChI=1S/C16H15F3N4O2/c17-16(18,19)11-2-1-3-12(8-11)22-15(24)13-9-14(21-10-20-13)23-4-6-25-7-5-23/h1-3,8-10H,4-7H2,(H,22,24). The van der Waals surface area contributed by atoms with E-state index in [1.54, 1.807) is 0 Å². The van der Waals surface area contributed by atoms with E-state index in [0.29, 0.717) is 32.1 Å². The molecule has 0 radical (unpaired) electrons. The van der Waals surface area contributed by atoms with Gasteiger partial charge in [-0.25, -0.2) is 9.97 Å². The number of anilines is 2. The average molecular weight is 352 g/mol. The molecule has 1 saturated heterocycles. The summed E-state index contributed by atoms with van der Waals surface area (Å²) in [7, 11) is 0. The topological polar surface area (TPSA) is 67.4 Å². The lowest BCUT2D eigenvalue weighted by Gasteiger charge is -2.27. The molecule has 1 aromatic carbocycles. The van der Waals surface area contributed by atoms with E-state index >= 15 is 0 Å². The van der Waals surface area contributed by atoms with E-state index in [1.807, 2.05) is 4.90 Å². The third-order valence-electron chi connectivity index (χ3n) is 3.67. The summed E-state index contributed by atoms with van der Waals surface area (Å²) in [6.45, 7) is 2.42. The van der Waals surface area contributed by atoms with Crippen LogP contribution in [0.15, 0.2) is 36.7 Å². The van der Waals surface area contributed by atoms with Crippen LogP contribution in [0.2, 0.25) is 0 Å². The summed E-state index contributed by atoms with van der Waals surface area (Å²) in [6, 6.07) is 5.95. The van der Waals surface area contributed by atoms with Crippen LogP contribution in [0.3, 0.4) is 0 Å². The first kappa shape index (κ1) is 17.2. The van der Waals surface area contributed by atoms with Crippen molar-refractivity contribution in [2.45, 2.75) is 6.18 Å². The highest BCUT2D eigenvalue weighted by atomic mass is 19.4. The van der Waals surface area contributed by atoms with E-state index in [9.17, 15) is 18.0 Å². The fourth-order valence-corrected chi connectivity index (χ4v) is 2.41. The smallest absolute Gasteiger partial charge is 0.378 e. The van der Waals surface area contributed by atoms with Crippen molar-refractivity contribution in [3.05, 3.63) is 47.9 Å². The maximum atomic E-state index is 12.7. The molecule has 9 heteroatoms. The molecule has 2 heterocycles. The van der Waals surface area contributed by atoms with Gasteiger partial charge in [0.15, 0.2) is 0 Å². The number of alkyl halides is 3. The Bertz CT molecular complexity index is 761. The number of nitrogens with zero attached hydrogens (tertiary/aromatic N) is 3. The minimum absolute atomic E-state index is 0.0476. The Morgan fingerprint density at radius 2 is 1.92 bits per heavy atom. The first-order valence-corrected chi connectivity index (χ1v) is 7.57. The van der Waals surface area contributed by atoms with Crippen LogP contribution in [0.4, 0.5) is 24.7 Å². The van der Waals surface area contributed by atoms with Gasteiger partial charge in [-0.2, -0.15) is 13.2 Å². The number of nitrogens with one attached hydrogen (secondary N) is 1. The normalized spacial score (nSPS) is 15.1. The zero-order valence-corrected chi connectivity index (χ0v) is 13.1. The van der Waals surface area contributed by atoms with Crippen molar-refractivity contribution in [1.29, 1.82) is 0 Å². The van der Waals surface area contributed by atoms with Crippen molar-refractivity contribution >= 4 is 17.4 Å². The lowest BCUT2D eigenvalue weighted by Crippen LogP contribution is -2.37. The molecule has 0 aliphatic carbocycles. The van der Waals surface area contributed by atoms with Crippen LogP contribution in [0.25, 0.3) is 0 Å². The van der Waals surface area contributed by atoms with E-state index in [2.05, 4.69) is 15.3 Å². The lowest BCUT2D eigenvalue weighted by molar-refractivity contribution is -0.137. The Labute approximate surface area is 141 Å². The summed E-state index contributed by atoms with van der Waals surface area (Å²) in [5.74, 6) is -0.0243. The minimum Gasteiger partial charge on any atom is -0.378 e. The summed E-state index contributed by atoms with van der Waals surface area (Å²) in [4.78, 5) is 22.3. The predicted octanol–water partition coefficient (Wildman–Crippen LogP) is 2.58. The number of morpholine rings is 1. The molecule has 3 rings (SSSR count). The molecule has 0 spiro atoms. The molecule has 132 valence electrons. The molecule has 25 heavy (non-hydrogen) atoms. The van der Waals surface area contributed by atoms with E-state index in [0.717, 1.165) is 12.1 Å². The molecule has 6 nitrogen and oxygen atoms in total. The van der Waals surface area contributed by atoms with Gasteiger partial charge in [0.05, 0.1) is 18.8 Å². The molecular weight excluding hydrogens is 337 g/mol. The zero-order valence-electron chi connectivity index (χ0n) is 13.1. The quantitative estimate of drug-likeness (QED) is 0.920. The van der Waals surface area contributed by atoms with Gasteiger partial charge >= 0.3 is 6.18 Å². The van der Waals surface area contributed by atoms with Crippen molar-refractivity contribution < 1.29 is 22.7 Å². The summed E-state index contributed by atoms with van der Waals surface area (Å²) in [5.41, 5.74) is -0.706. The third-order valence-corrected chi connectivity index (χ3v) is 3.67. The molecule has 1 N–H and O–H groups in total. The van der Waals surface area contributed by atoms with Gasteiger partial charge in [0, 0.05) is 24.8 Å². The van der Waals surface area contributed by atoms with Crippen molar-refractivity contribution in [3.63, 3.8) is 0 Å². The molecule has 1 aliphatic rings. The number of rotatable bonds is 3. The monoisotopic (exact) mass is 352 g/mol. The highest BCUT2D eigenvalue weighted by molar-refractivity contribution is 6.03. The number of carbonyl (C=O) groups is 1. The first-order chi connectivity index (χ1) is 11.9. The van der Waals surface area contributed by atoms with Crippen LogP contribution in [0.1, 0.15) is 16.1 Å². The highest BCUT2D eigenvalue weighted by Gasteiger charge is 2.30. The van der Waals surface area contributed by atoms with E-state index < -0.39 is 17.6 Å². The van der Waals surface area contributed by atoms with Gasteiger partial charge in [-0.1, -0.05) is 6.07 Å². The number of aromatic nitrogens is 2. The Morgan fingerprint density at radius 3 is 2.64 bits per heavy atom.